The summed E-state index contributed by atoms with van der Waals surface area (Å²) in [5.74, 6) is 0.198. The van der Waals surface area contributed by atoms with Crippen molar-refractivity contribution in [3.63, 3.8) is 0 Å². The smallest absolute Gasteiger partial charge is 0.310 e. The molecule has 2 aromatic carbocycles. The Labute approximate surface area is 216 Å². The minimum atomic E-state index is -0.283. The van der Waals surface area contributed by atoms with Crippen molar-refractivity contribution in [3.05, 3.63) is 53.1 Å². The Bertz CT molecular complexity index is 1140. The topological polar surface area (TPSA) is 73.9 Å². The molecule has 0 spiro atoms. The molecule has 188 valence electrons. The van der Waals surface area contributed by atoms with Gasteiger partial charge in [0.25, 0.3) is 0 Å². The van der Waals surface area contributed by atoms with Gasteiger partial charge in [-0.25, -0.2) is 0 Å². The third kappa shape index (κ3) is 5.49. The highest BCUT2D eigenvalue weighted by atomic mass is 16.5. The molecule has 0 unspecified atom stereocenters. The van der Waals surface area contributed by atoms with Crippen LogP contribution in [0.2, 0.25) is 0 Å². The van der Waals surface area contributed by atoms with Crippen LogP contribution in [0.15, 0.2) is 36.4 Å². The molecule has 0 radical (unpaired) electrons. The van der Waals surface area contributed by atoms with Crippen LogP contribution in [-0.4, -0.2) is 5.97 Å². The summed E-state index contributed by atoms with van der Waals surface area (Å²) in [6, 6.07) is 15.8. The largest absolute Gasteiger partial charge is 0.427 e. The summed E-state index contributed by atoms with van der Waals surface area (Å²) in [5.41, 5.74) is 4.54. The van der Waals surface area contributed by atoms with E-state index in [0.717, 1.165) is 29.5 Å². The van der Waals surface area contributed by atoms with Crippen molar-refractivity contribution in [2.75, 3.05) is 0 Å². The van der Waals surface area contributed by atoms with Crippen molar-refractivity contribution in [2.45, 2.75) is 97.3 Å². The van der Waals surface area contributed by atoms with Gasteiger partial charge in [-0.1, -0.05) is 57.4 Å². The van der Waals surface area contributed by atoms with E-state index in [9.17, 15) is 15.3 Å². The minimum Gasteiger partial charge on any atom is -0.427 e. The van der Waals surface area contributed by atoms with Crippen molar-refractivity contribution >= 4 is 5.97 Å². The minimum absolute atomic E-state index is 0.283. The number of rotatable bonds is 10. The molecule has 0 N–H and O–H groups in total. The van der Waals surface area contributed by atoms with E-state index >= 15 is 0 Å². The number of esters is 1. The van der Waals surface area contributed by atoms with Gasteiger partial charge in [-0.3, -0.25) is 4.79 Å². The first-order valence-electron chi connectivity index (χ1n) is 13.7. The highest BCUT2D eigenvalue weighted by Crippen LogP contribution is 2.60. The molecule has 2 bridgehead atoms. The fourth-order valence-electron chi connectivity index (χ4n) is 6.49. The number of aryl methyl sites for hydroxylation is 1. The predicted molar refractivity (Wildman–Crippen MR) is 142 cm³/mol. The predicted octanol–water partition coefficient (Wildman–Crippen LogP) is 8.27. The Hall–Kier alpha value is -3.11. The molecule has 4 nitrogen and oxygen atoms in total. The lowest BCUT2D eigenvalue weighted by Gasteiger charge is -2.54. The number of hydrogen-bond acceptors (Lipinski definition) is 4. The molecule has 4 heteroatoms. The summed E-state index contributed by atoms with van der Waals surface area (Å²) in [5, 5.41) is 20.0. The fraction of sp³-hybridized carbons (Fsp3) is 0.531. The van der Waals surface area contributed by atoms with Crippen molar-refractivity contribution in [3.8, 4) is 29.0 Å². The molecule has 3 saturated carbocycles. The van der Waals surface area contributed by atoms with Crippen molar-refractivity contribution in [2.24, 2.45) is 10.8 Å². The van der Waals surface area contributed by atoms with Crippen molar-refractivity contribution in [1.82, 2.24) is 0 Å². The van der Waals surface area contributed by atoms with E-state index in [1.54, 1.807) is 19.1 Å². The summed E-state index contributed by atoms with van der Waals surface area (Å²) in [7, 11) is 0. The van der Waals surface area contributed by atoms with Gasteiger partial charge < -0.3 is 4.74 Å². The Balaban J connectivity index is 1.47. The molecule has 0 aromatic heterocycles. The number of nitriles is 2. The van der Waals surface area contributed by atoms with Gasteiger partial charge in [0.05, 0.1) is 11.1 Å². The van der Waals surface area contributed by atoms with Crippen LogP contribution in [0.5, 0.6) is 5.75 Å². The molecule has 36 heavy (non-hydrogen) atoms. The van der Waals surface area contributed by atoms with Gasteiger partial charge in [-0.15, -0.1) is 0 Å². The lowest BCUT2D eigenvalue weighted by Crippen LogP contribution is -2.41. The second-order valence-electron chi connectivity index (χ2n) is 11.1. The average Bonchev–Trinajstić information content (AvgIpc) is 2.93. The van der Waals surface area contributed by atoms with Crippen molar-refractivity contribution in [1.29, 1.82) is 10.5 Å². The average molecular weight is 483 g/mol. The van der Waals surface area contributed by atoms with Gasteiger partial charge in [0, 0.05) is 12.0 Å². The van der Waals surface area contributed by atoms with E-state index in [2.05, 4.69) is 19.1 Å². The molecule has 3 fully saturated rings. The molecule has 3 aliphatic carbocycles. The Morgan fingerprint density at radius 1 is 0.833 bits per heavy atom. The first-order chi connectivity index (χ1) is 17.5. The molecule has 0 saturated heterocycles. The first kappa shape index (κ1) is 26.0. The molecular formula is C32H38N2O2. The van der Waals surface area contributed by atoms with Gasteiger partial charge in [0.2, 0.25) is 0 Å². The zero-order valence-corrected chi connectivity index (χ0v) is 21.9. The molecule has 3 aliphatic rings. The van der Waals surface area contributed by atoms with Gasteiger partial charge >= 0.3 is 5.97 Å². The van der Waals surface area contributed by atoms with Crippen molar-refractivity contribution < 1.29 is 9.53 Å². The van der Waals surface area contributed by atoms with Gasteiger partial charge in [-0.2, -0.15) is 10.5 Å². The molecule has 2 aromatic rings. The monoisotopic (exact) mass is 482 g/mol. The first-order valence-corrected chi connectivity index (χ1v) is 13.7. The number of fused-ring (bicyclic) bond motifs is 3. The third-order valence-corrected chi connectivity index (χ3v) is 8.99. The Morgan fingerprint density at radius 3 is 2.00 bits per heavy atom. The maximum atomic E-state index is 11.5. The van der Waals surface area contributed by atoms with Crippen LogP contribution < -0.4 is 4.74 Å². The van der Waals surface area contributed by atoms with Crippen LogP contribution in [0.1, 0.15) is 108 Å². The molecule has 0 heterocycles. The van der Waals surface area contributed by atoms with Crippen LogP contribution in [0.25, 0.3) is 11.1 Å². The molecule has 0 amide bonds. The number of carbonyl (C=O) groups excluding carboxylic acids is 1. The molecule has 0 aliphatic heterocycles. The third-order valence-electron chi connectivity index (χ3n) is 8.99. The maximum Gasteiger partial charge on any atom is 0.310 e. The van der Waals surface area contributed by atoms with Crippen LogP contribution in [0.3, 0.4) is 0 Å². The number of carbonyl (C=O) groups is 1. The van der Waals surface area contributed by atoms with Crippen LogP contribution in [0, 0.1) is 33.5 Å². The lowest BCUT2D eigenvalue weighted by molar-refractivity contribution is -0.134. The summed E-state index contributed by atoms with van der Waals surface area (Å²) in [6.45, 7) is 4.04. The van der Waals surface area contributed by atoms with Gasteiger partial charge in [0.1, 0.15) is 17.9 Å². The highest BCUT2D eigenvalue weighted by Gasteiger charge is 2.47. The van der Waals surface area contributed by atoms with E-state index < -0.39 is 0 Å². The van der Waals surface area contributed by atoms with E-state index in [4.69, 9.17) is 4.74 Å². The SMILES string of the molecule is CCCCCC12CCC(CCc3ccc(-c4ccc(OC(=O)CC)cc4)c(C#N)c3C#N)(CC1)CC2. The van der Waals surface area contributed by atoms with Crippen LogP contribution >= 0.6 is 0 Å². The number of hydrogen-bond donors (Lipinski definition) is 0. The summed E-state index contributed by atoms with van der Waals surface area (Å²) in [6.07, 6.45) is 15.8. The van der Waals surface area contributed by atoms with E-state index in [-0.39, 0.29) is 5.97 Å². The van der Waals surface area contributed by atoms with Gasteiger partial charge in [-0.05, 0) is 91.9 Å². The number of benzene rings is 2. The molecule has 0 atom stereocenters. The summed E-state index contributed by atoms with van der Waals surface area (Å²) >= 11 is 0. The summed E-state index contributed by atoms with van der Waals surface area (Å²) in [4.78, 5) is 11.5. The zero-order chi connectivity index (χ0) is 25.6. The van der Waals surface area contributed by atoms with Gasteiger partial charge in [0.15, 0.2) is 0 Å². The molecule has 5 rings (SSSR count). The Morgan fingerprint density at radius 2 is 1.44 bits per heavy atom. The van der Waals surface area contributed by atoms with E-state index in [1.165, 1.54) is 64.2 Å². The summed E-state index contributed by atoms with van der Waals surface area (Å²) < 4.78 is 5.26. The zero-order valence-electron chi connectivity index (χ0n) is 21.9. The molecular weight excluding hydrogens is 444 g/mol. The second-order valence-corrected chi connectivity index (χ2v) is 11.1. The normalized spacial score (nSPS) is 22.6. The van der Waals surface area contributed by atoms with E-state index in [1.807, 2.05) is 24.3 Å². The fourth-order valence-corrected chi connectivity index (χ4v) is 6.49. The van der Waals surface area contributed by atoms with Crippen LogP contribution in [0.4, 0.5) is 0 Å². The van der Waals surface area contributed by atoms with Crippen LogP contribution in [-0.2, 0) is 11.2 Å². The standard InChI is InChI=1S/C32H38N2O2/c1-3-5-6-14-31-16-19-32(20-17-31,21-18-31)15-13-25-9-12-27(29(23-34)28(25)22-33)24-7-10-26(11-8-24)36-30(35)4-2/h7-12H,3-6,13-21H2,1-2H3. The maximum absolute atomic E-state index is 11.5. The Kier molecular flexibility index (Phi) is 8.15. The number of nitrogens with zero attached hydrogens (tertiary/aromatic N) is 2. The highest BCUT2D eigenvalue weighted by molar-refractivity contribution is 5.76. The van der Waals surface area contributed by atoms with E-state index in [0.29, 0.717) is 34.1 Å². The quantitative estimate of drug-likeness (QED) is 0.194. The number of unbranched alkanes of at least 4 members (excludes halogenated alkanes) is 2. The number of ether oxygens (including phenoxy) is 1. The second kappa shape index (κ2) is 11.3. The lowest BCUT2D eigenvalue weighted by atomic mass is 9.51.